The van der Waals surface area contributed by atoms with E-state index in [4.69, 9.17) is 15.2 Å². The second kappa shape index (κ2) is 7.98. The number of carbonyl (C=O) groups excluding carboxylic acids is 1. The standard InChI is InChI=1S/C19H23N3O3/c1-24-17-8-4-6-15(18(17)25-11-5-9-20)19(23)22-12-14(13-22)16-7-2-3-10-21-16/h2-4,6-8,10,14H,5,9,11-13,20H2,1H3. The van der Waals surface area contributed by atoms with E-state index < -0.39 is 0 Å². The Hall–Kier alpha value is -2.60. The van der Waals surface area contributed by atoms with E-state index in [9.17, 15) is 4.79 Å². The van der Waals surface area contributed by atoms with Crippen molar-refractivity contribution in [1.82, 2.24) is 9.88 Å². The fourth-order valence-electron chi connectivity index (χ4n) is 2.87. The summed E-state index contributed by atoms with van der Waals surface area (Å²) in [5.41, 5.74) is 7.07. The van der Waals surface area contributed by atoms with Crippen LogP contribution >= 0.6 is 0 Å². The molecule has 1 aliphatic rings. The summed E-state index contributed by atoms with van der Waals surface area (Å²) in [6, 6.07) is 11.2. The predicted molar refractivity (Wildman–Crippen MR) is 95.0 cm³/mol. The van der Waals surface area contributed by atoms with E-state index >= 15 is 0 Å². The van der Waals surface area contributed by atoms with Crippen molar-refractivity contribution >= 4 is 5.91 Å². The lowest BCUT2D eigenvalue weighted by atomic mass is 9.94. The first-order valence-corrected chi connectivity index (χ1v) is 8.44. The number of aromatic nitrogens is 1. The minimum absolute atomic E-state index is 0.0474. The molecule has 132 valence electrons. The van der Waals surface area contributed by atoms with Crippen LogP contribution in [-0.2, 0) is 0 Å². The van der Waals surface area contributed by atoms with E-state index in [1.807, 2.05) is 23.1 Å². The summed E-state index contributed by atoms with van der Waals surface area (Å²) in [6.45, 7) is 2.31. The predicted octanol–water partition coefficient (Wildman–Crippen LogP) is 2.06. The first-order valence-electron chi connectivity index (χ1n) is 8.44. The molecule has 6 heteroatoms. The van der Waals surface area contributed by atoms with Gasteiger partial charge in [0.1, 0.15) is 0 Å². The lowest BCUT2D eigenvalue weighted by Gasteiger charge is -2.39. The molecule has 0 radical (unpaired) electrons. The van der Waals surface area contributed by atoms with Gasteiger partial charge in [0.05, 0.1) is 19.3 Å². The Morgan fingerprint density at radius 2 is 2.12 bits per heavy atom. The van der Waals surface area contributed by atoms with Crippen molar-refractivity contribution in [2.45, 2.75) is 12.3 Å². The van der Waals surface area contributed by atoms with Crippen LogP contribution in [0.5, 0.6) is 11.5 Å². The maximum atomic E-state index is 12.9. The van der Waals surface area contributed by atoms with E-state index in [2.05, 4.69) is 4.98 Å². The summed E-state index contributed by atoms with van der Waals surface area (Å²) in [5, 5.41) is 0. The normalized spacial score (nSPS) is 14.1. The topological polar surface area (TPSA) is 77.7 Å². The summed E-state index contributed by atoms with van der Waals surface area (Å²) in [6.07, 6.45) is 2.50. The van der Waals surface area contributed by atoms with Gasteiger partial charge in [0, 0.05) is 30.9 Å². The summed E-state index contributed by atoms with van der Waals surface area (Å²) >= 11 is 0. The zero-order valence-electron chi connectivity index (χ0n) is 14.4. The molecule has 1 fully saturated rings. The number of amides is 1. The minimum atomic E-state index is -0.0474. The minimum Gasteiger partial charge on any atom is -0.493 e. The molecule has 3 rings (SSSR count). The fourth-order valence-corrected chi connectivity index (χ4v) is 2.87. The first-order chi connectivity index (χ1) is 12.2. The molecule has 0 unspecified atom stereocenters. The molecule has 0 saturated carbocycles. The SMILES string of the molecule is COc1cccc(C(=O)N2CC(c3ccccn3)C2)c1OCCCN. The van der Waals surface area contributed by atoms with Gasteiger partial charge in [-0.25, -0.2) is 0 Å². The van der Waals surface area contributed by atoms with Crippen LogP contribution in [0.2, 0.25) is 0 Å². The third kappa shape index (κ3) is 3.74. The molecule has 0 atom stereocenters. The largest absolute Gasteiger partial charge is 0.493 e. The van der Waals surface area contributed by atoms with Gasteiger partial charge in [-0.2, -0.15) is 0 Å². The van der Waals surface area contributed by atoms with Crippen LogP contribution in [0, 0.1) is 0 Å². The van der Waals surface area contributed by atoms with Gasteiger partial charge >= 0.3 is 0 Å². The Morgan fingerprint density at radius 1 is 1.28 bits per heavy atom. The average Bonchev–Trinajstić information content (AvgIpc) is 2.61. The zero-order valence-corrected chi connectivity index (χ0v) is 14.4. The van der Waals surface area contributed by atoms with Gasteiger partial charge in [0.25, 0.3) is 5.91 Å². The van der Waals surface area contributed by atoms with Gasteiger partial charge < -0.3 is 20.1 Å². The highest BCUT2D eigenvalue weighted by atomic mass is 16.5. The van der Waals surface area contributed by atoms with Crippen molar-refractivity contribution in [2.75, 3.05) is 33.4 Å². The third-order valence-corrected chi connectivity index (χ3v) is 4.30. The van der Waals surface area contributed by atoms with E-state index in [1.165, 1.54) is 0 Å². The number of ether oxygens (including phenoxy) is 2. The molecule has 0 spiro atoms. The Morgan fingerprint density at radius 3 is 2.80 bits per heavy atom. The van der Waals surface area contributed by atoms with Crippen molar-refractivity contribution in [2.24, 2.45) is 5.73 Å². The Balaban J connectivity index is 1.72. The first kappa shape index (κ1) is 17.2. The van der Waals surface area contributed by atoms with Gasteiger partial charge in [-0.15, -0.1) is 0 Å². The van der Waals surface area contributed by atoms with Gasteiger partial charge in [-0.1, -0.05) is 12.1 Å². The van der Waals surface area contributed by atoms with Crippen LogP contribution in [-0.4, -0.2) is 49.1 Å². The van der Waals surface area contributed by atoms with Crippen LogP contribution < -0.4 is 15.2 Å². The van der Waals surface area contributed by atoms with Crippen molar-refractivity contribution < 1.29 is 14.3 Å². The molecule has 25 heavy (non-hydrogen) atoms. The highest BCUT2D eigenvalue weighted by molar-refractivity contribution is 5.98. The number of benzene rings is 1. The number of hydrogen-bond donors (Lipinski definition) is 1. The second-order valence-electron chi connectivity index (χ2n) is 5.99. The number of likely N-dealkylation sites (tertiary alicyclic amines) is 1. The fraction of sp³-hybridized carbons (Fsp3) is 0.368. The monoisotopic (exact) mass is 341 g/mol. The van der Waals surface area contributed by atoms with E-state index in [0.717, 1.165) is 12.1 Å². The lowest BCUT2D eigenvalue weighted by molar-refractivity contribution is 0.0593. The number of carbonyl (C=O) groups is 1. The van der Waals surface area contributed by atoms with Crippen molar-refractivity contribution in [3.05, 3.63) is 53.9 Å². The summed E-state index contributed by atoms with van der Waals surface area (Å²) in [5.74, 6) is 1.29. The van der Waals surface area contributed by atoms with Crippen LogP contribution in [0.3, 0.4) is 0 Å². The summed E-state index contributed by atoms with van der Waals surface area (Å²) in [4.78, 5) is 19.0. The van der Waals surface area contributed by atoms with Crippen molar-refractivity contribution in [3.8, 4) is 11.5 Å². The van der Waals surface area contributed by atoms with Crippen molar-refractivity contribution in [1.29, 1.82) is 0 Å². The molecule has 1 aliphatic heterocycles. The van der Waals surface area contributed by atoms with Gasteiger partial charge in [0.15, 0.2) is 11.5 Å². The number of nitrogens with two attached hydrogens (primary N) is 1. The molecule has 2 heterocycles. The number of hydrogen-bond acceptors (Lipinski definition) is 5. The van der Waals surface area contributed by atoms with Gasteiger partial charge in [-0.05, 0) is 37.2 Å². The number of nitrogens with zero attached hydrogens (tertiary/aromatic N) is 2. The molecule has 0 bridgehead atoms. The molecule has 1 amide bonds. The van der Waals surface area contributed by atoms with Crippen molar-refractivity contribution in [3.63, 3.8) is 0 Å². The molecule has 2 N–H and O–H groups in total. The number of methoxy groups -OCH3 is 1. The van der Waals surface area contributed by atoms with Crippen LogP contribution in [0.1, 0.15) is 28.4 Å². The zero-order chi connectivity index (χ0) is 17.6. The maximum Gasteiger partial charge on any atom is 0.257 e. The molecule has 6 nitrogen and oxygen atoms in total. The molecule has 1 saturated heterocycles. The molecule has 0 aliphatic carbocycles. The van der Waals surface area contributed by atoms with E-state index in [-0.39, 0.29) is 11.8 Å². The summed E-state index contributed by atoms with van der Waals surface area (Å²) < 4.78 is 11.1. The molecule has 1 aromatic heterocycles. The quantitative estimate of drug-likeness (QED) is 0.780. The molecular formula is C19H23N3O3. The number of rotatable bonds is 7. The molecule has 1 aromatic carbocycles. The number of pyridine rings is 1. The van der Waals surface area contributed by atoms with E-state index in [1.54, 1.807) is 31.5 Å². The second-order valence-corrected chi connectivity index (χ2v) is 5.99. The molecule has 2 aromatic rings. The van der Waals surface area contributed by atoms with Crippen LogP contribution in [0.4, 0.5) is 0 Å². The highest BCUT2D eigenvalue weighted by Crippen LogP contribution is 2.34. The average molecular weight is 341 g/mol. The Bertz CT molecular complexity index is 715. The van der Waals surface area contributed by atoms with E-state index in [0.29, 0.717) is 43.3 Å². The number of para-hydroxylation sites is 1. The lowest BCUT2D eigenvalue weighted by Crippen LogP contribution is -2.48. The Labute approximate surface area is 147 Å². The summed E-state index contributed by atoms with van der Waals surface area (Å²) in [7, 11) is 1.57. The van der Waals surface area contributed by atoms with Gasteiger partial charge in [-0.3, -0.25) is 9.78 Å². The Kier molecular flexibility index (Phi) is 5.50. The van der Waals surface area contributed by atoms with Crippen LogP contribution in [0.25, 0.3) is 0 Å². The smallest absolute Gasteiger partial charge is 0.257 e. The maximum absolute atomic E-state index is 12.9. The highest BCUT2D eigenvalue weighted by Gasteiger charge is 2.34. The van der Waals surface area contributed by atoms with Crippen LogP contribution in [0.15, 0.2) is 42.6 Å². The molecular weight excluding hydrogens is 318 g/mol. The third-order valence-electron chi connectivity index (χ3n) is 4.30. The van der Waals surface area contributed by atoms with Gasteiger partial charge in [0.2, 0.25) is 0 Å².